The van der Waals surface area contributed by atoms with Gasteiger partial charge in [0.15, 0.2) is 0 Å². The average Bonchev–Trinajstić information content (AvgIpc) is 2.78. The van der Waals surface area contributed by atoms with Crippen molar-refractivity contribution in [3.63, 3.8) is 0 Å². The fourth-order valence-electron chi connectivity index (χ4n) is 3.19. The van der Waals surface area contributed by atoms with E-state index in [4.69, 9.17) is 9.47 Å². The van der Waals surface area contributed by atoms with Gasteiger partial charge in [-0.2, -0.15) is 0 Å². The third-order valence-electron chi connectivity index (χ3n) is 4.98. The van der Waals surface area contributed by atoms with E-state index >= 15 is 0 Å². The molecule has 0 aromatic heterocycles. The van der Waals surface area contributed by atoms with E-state index in [9.17, 15) is 4.79 Å². The Kier molecular flexibility index (Phi) is 10.5. The summed E-state index contributed by atoms with van der Waals surface area (Å²) in [5, 5.41) is 0. The van der Waals surface area contributed by atoms with Crippen molar-refractivity contribution >= 4 is 11.5 Å². The van der Waals surface area contributed by atoms with Crippen LogP contribution in [-0.2, 0) is 14.3 Å². The minimum absolute atomic E-state index is 0.418. The van der Waals surface area contributed by atoms with Gasteiger partial charge in [0.2, 0.25) is 0 Å². The molecule has 0 radical (unpaired) electrons. The summed E-state index contributed by atoms with van der Waals surface area (Å²) in [6.45, 7) is 5.54. The van der Waals surface area contributed by atoms with Crippen LogP contribution in [0.2, 0.25) is 0 Å². The highest BCUT2D eigenvalue weighted by Gasteiger charge is 2.08. The Balaban J connectivity index is 1.94. The van der Waals surface area contributed by atoms with Crippen LogP contribution in [0.1, 0.15) is 62.6 Å². The smallest absolute Gasteiger partial charge is 0.384 e. The van der Waals surface area contributed by atoms with Gasteiger partial charge < -0.3 is 9.47 Å². The maximum atomic E-state index is 11.8. The first-order chi connectivity index (χ1) is 14.7. The van der Waals surface area contributed by atoms with Crippen LogP contribution in [0.15, 0.2) is 60.2 Å². The molecule has 0 aliphatic rings. The predicted octanol–water partition coefficient (Wildman–Crippen LogP) is 6.02. The van der Waals surface area contributed by atoms with E-state index in [2.05, 4.69) is 62.1 Å². The normalized spacial score (nSPS) is 11.3. The maximum Gasteiger partial charge on any atom is 0.384 e. The molecule has 0 atom stereocenters. The third kappa shape index (κ3) is 7.89. The zero-order chi connectivity index (χ0) is 21.6. The molecular formula is C27H32O3. The summed E-state index contributed by atoms with van der Waals surface area (Å²) in [4.78, 5) is 11.8. The standard InChI is InChI=1S/C27H32O3/c1-4-22(2)27(24-12-8-7-9-13-24)25-17-14-23(15-18-25)16-19-26(28)30-21-11-6-5-10-20-29-3/h7-9,12-15,17-18H,4-6,10-11,20-21H2,1-3H3/b27-22+. The lowest BCUT2D eigenvalue weighted by Gasteiger charge is -2.12. The van der Waals surface area contributed by atoms with Gasteiger partial charge in [-0.05, 0) is 61.4 Å². The number of methoxy groups -OCH3 is 1. The Morgan fingerprint density at radius 2 is 1.50 bits per heavy atom. The zero-order valence-electron chi connectivity index (χ0n) is 18.4. The Labute approximate surface area is 181 Å². The second-order valence-corrected chi connectivity index (χ2v) is 7.25. The molecule has 2 aromatic rings. The summed E-state index contributed by atoms with van der Waals surface area (Å²) in [6.07, 6.45) is 5.00. The molecule has 0 unspecified atom stereocenters. The van der Waals surface area contributed by atoms with Gasteiger partial charge in [0.25, 0.3) is 0 Å². The Hall–Kier alpha value is -2.83. The Morgan fingerprint density at radius 1 is 0.867 bits per heavy atom. The highest BCUT2D eigenvalue weighted by molar-refractivity contribution is 5.89. The minimum atomic E-state index is -0.470. The number of esters is 1. The molecule has 0 aliphatic heterocycles. The molecule has 0 fully saturated rings. The van der Waals surface area contributed by atoms with E-state index in [0.29, 0.717) is 6.61 Å². The van der Waals surface area contributed by atoms with Crippen LogP contribution in [0.5, 0.6) is 0 Å². The van der Waals surface area contributed by atoms with Crippen molar-refractivity contribution in [3.05, 3.63) is 76.9 Å². The molecule has 0 amide bonds. The summed E-state index contributed by atoms with van der Waals surface area (Å²) in [6, 6.07) is 18.5. The summed E-state index contributed by atoms with van der Waals surface area (Å²) < 4.78 is 10.2. The SMILES string of the molecule is CC/C(C)=C(\c1ccccc1)c1ccc(C#CC(=O)OCCCCCCOC)cc1. The first-order valence-electron chi connectivity index (χ1n) is 10.7. The number of benzene rings is 2. The zero-order valence-corrected chi connectivity index (χ0v) is 18.4. The average molecular weight is 405 g/mol. The van der Waals surface area contributed by atoms with Gasteiger partial charge in [-0.25, -0.2) is 4.79 Å². The second kappa shape index (κ2) is 13.4. The predicted molar refractivity (Wildman–Crippen MR) is 123 cm³/mol. The van der Waals surface area contributed by atoms with Gasteiger partial charge in [0.1, 0.15) is 0 Å². The lowest BCUT2D eigenvalue weighted by atomic mass is 9.92. The summed E-state index contributed by atoms with van der Waals surface area (Å²) in [7, 11) is 1.71. The van der Waals surface area contributed by atoms with Gasteiger partial charge in [-0.3, -0.25) is 0 Å². The summed E-state index contributed by atoms with van der Waals surface area (Å²) in [5.41, 5.74) is 5.76. The van der Waals surface area contributed by atoms with Crippen LogP contribution >= 0.6 is 0 Å². The van der Waals surface area contributed by atoms with Crippen molar-refractivity contribution in [1.29, 1.82) is 0 Å². The van der Waals surface area contributed by atoms with E-state index in [-0.39, 0.29) is 0 Å². The van der Waals surface area contributed by atoms with E-state index in [0.717, 1.165) is 49.8 Å². The molecule has 0 N–H and O–H groups in total. The molecule has 0 aliphatic carbocycles. The van der Waals surface area contributed by atoms with Gasteiger partial charge in [-0.1, -0.05) is 67.3 Å². The molecule has 0 spiro atoms. The topological polar surface area (TPSA) is 35.5 Å². The van der Waals surface area contributed by atoms with E-state index in [1.165, 1.54) is 16.7 Å². The molecule has 0 saturated carbocycles. The molecule has 3 nitrogen and oxygen atoms in total. The lowest BCUT2D eigenvalue weighted by Crippen LogP contribution is -2.03. The van der Waals surface area contributed by atoms with Gasteiger partial charge in [0, 0.05) is 25.2 Å². The van der Waals surface area contributed by atoms with Crippen molar-refractivity contribution in [1.82, 2.24) is 0 Å². The van der Waals surface area contributed by atoms with Crippen LogP contribution in [0.3, 0.4) is 0 Å². The third-order valence-corrected chi connectivity index (χ3v) is 4.98. The molecule has 2 aromatic carbocycles. The monoisotopic (exact) mass is 404 g/mol. The largest absolute Gasteiger partial charge is 0.456 e. The van der Waals surface area contributed by atoms with Crippen LogP contribution in [0, 0.1) is 11.8 Å². The molecule has 158 valence electrons. The number of hydrogen-bond acceptors (Lipinski definition) is 3. The van der Waals surface area contributed by atoms with Crippen LogP contribution in [0.25, 0.3) is 5.57 Å². The molecule has 0 heterocycles. The van der Waals surface area contributed by atoms with Crippen molar-refractivity contribution in [3.8, 4) is 11.8 Å². The highest BCUT2D eigenvalue weighted by atomic mass is 16.5. The molecule has 0 saturated heterocycles. The highest BCUT2D eigenvalue weighted by Crippen LogP contribution is 2.28. The summed E-state index contributed by atoms with van der Waals surface area (Å²) >= 11 is 0. The first-order valence-corrected chi connectivity index (χ1v) is 10.7. The van der Waals surface area contributed by atoms with Crippen molar-refractivity contribution in [2.45, 2.75) is 46.0 Å². The second-order valence-electron chi connectivity index (χ2n) is 7.25. The van der Waals surface area contributed by atoms with Crippen LogP contribution in [-0.4, -0.2) is 26.3 Å². The molecule has 2 rings (SSSR count). The maximum absolute atomic E-state index is 11.8. The lowest BCUT2D eigenvalue weighted by molar-refractivity contribution is -0.136. The first kappa shape index (κ1) is 23.4. The van der Waals surface area contributed by atoms with Crippen molar-refractivity contribution in [2.24, 2.45) is 0 Å². The fourth-order valence-corrected chi connectivity index (χ4v) is 3.19. The Bertz CT molecular complexity index is 868. The van der Waals surface area contributed by atoms with Crippen molar-refractivity contribution < 1.29 is 14.3 Å². The number of carbonyl (C=O) groups is 1. The molecular weight excluding hydrogens is 372 g/mol. The summed E-state index contributed by atoms with van der Waals surface area (Å²) in [5.74, 6) is 5.02. The number of carbonyl (C=O) groups excluding carboxylic acids is 1. The van der Waals surface area contributed by atoms with Gasteiger partial charge >= 0.3 is 5.97 Å². The van der Waals surface area contributed by atoms with Gasteiger partial charge in [0.05, 0.1) is 6.61 Å². The van der Waals surface area contributed by atoms with Gasteiger partial charge in [-0.15, -0.1) is 0 Å². The van der Waals surface area contributed by atoms with Crippen molar-refractivity contribution in [2.75, 3.05) is 20.3 Å². The molecule has 0 bridgehead atoms. The van der Waals surface area contributed by atoms with E-state index < -0.39 is 5.97 Å². The Morgan fingerprint density at radius 3 is 2.13 bits per heavy atom. The molecule has 30 heavy (non-hydrogen) atoms. The number of unbranched alkanes of at least 4 members (excludes halogenated alkanes) is 3. The minimum Gasteiger partial charge on any atom is -0.456 e. The van der Waals surface area contributed by atoms with E-state index in [1.54, 1.807) is 7.11 Å². The number of allylic oxidation sites excluding steroid dienone is 1. The molecule has 3 heteroatoms. The van der Waals surface area contributed by atoms with Crippen LogP contribution < -0.4 is 0 Å². The van der Waals surface area contributed by atoms with Crippen LogP contribution in [0.4, 0.5) is 0 Å². The number of hydrogen-bond donors (Lipinski definition) is 0. The van der Waals surface area contributed by atoms with E-state index in [1.807, 2.05) is 18.2 Å². The number of rotatable bonds is 10. The fraction of sp³-hybridized carbons (Fsp3) is 0.370. The quantitative estimate of drug-likeness (QED) is 0.276. The number of ether oxygens (including phenoxy) is 2.